The fraction of sp³-hybridized carbons (Fsp3) is 0.625. The van der Waals surface area contributed by atoms with E-state index in [9.17, 15) is 0 Å². The number of hydrogen-bond acceptors (Lipinski definition) is 1. The Balaban J connectivity index is 2.08. The van der Waals surface area contributed by atoms with Gasteiger partial charge in [-0.1, -0.05) is 24.3 Å². The van der Waals surface area contributed by atoms with E-state index in [4.69, 9.17) is 0 Å². The minimum Gasteiger partial charge on any atom is -0.289 e. The lowest BCUT2D eigenvalue weighted by molar-refractivity contribution is 0.0414. The first-order valence-electron chi connectivity index (χ1n) is 6.90. The largest absolute Gasteiger partial charge is 0.289 e. The number of aryl methyl sites for hydroxylation is 1. The summed E-state index contributed by atoms with van der Waals surface area (Å²) in [7, 11) is 0. The molecule has 1 nitrogen and oxygen atoms in total. The van der Waals surface area contributed by atoms with Crippen LogP contribution in [0, 0.1) is 0 Å². The second kappa shape index (κ2) is 3.58. The molecule has 17 heavy (non-hydrogen) atoms. The smallest absolute Gasteiger partial charge is 0.0472 e. The van der Waals surface area contributed by atoms with Gasteiger partial charge in [0.25, 0.3) is 0 Å². The van der Waals surface area contributed by atoms with Gasteiger partial charge in [0.2, 0.25) is 0 Å². The Bertz CT molecular complexity index is 429. The molecule has 92 valence electrons. The van der Waals surface area contributed by atoms with Crippen LogP contribution >= 0.6 is 0 Å². The summed E-state index contributed by atoms with van der Waals surface area (Å²) in [5.41, 5.74) is 3.85. The SMILES string of the molecule is CC(C)(C)N1CCCC12CCc1ccccc12. The molecular weight excluding hydrogens is 206 g/mol. The molecule has 0 amide bonds. The molecule has 2 aliphatic rings. The Morgan fingerprint density at radius 2 is 1.88 bits per heavy atom. The van der Waals surface area contributed by atoms with E-state index in [2.05, 4.69) is 49.9 Å². The van der Waals surface area contributed by atoms with Crippen molar-refractivity contribution < 1.29 is 0 Å². The van der Waals surface area contributed by atoms with Crippen molar-refractivity contribution in [3.05, 3.63) is 35.4 Å². The van der Waals surface area contributed by atoms with E-state index < -0.39 is 0 Å². The van der Waals surface area contributed by atoms with Crippen LogP contribution in [0.3, 0.4) is 0 Å². The third-order valence-corrected chi connectivity index (χ3v) is 4.63. The normalized spacial score (nSPS) is 28.9. The van der Waals surface area contributed by atoms with E-state index in [1.807, 2.05) is 0 Å². The molecule has 0 bridgehead atoms. The topological polar surface area (TPSA) is 3.24 Å². The molecule has 1 fully saturated rings. The van der Waals surface area contributed by atoms with Crippen molar-refractivity contribution in [1.82, 2.24) is 4.90 Å². The number of rotatable bonds is 0. The first-order valence-corrected chi connectivity index (χ1v) is 6.90. The van der Waals surface area contributed by atoms with Gasteiger partial charge >= 0.3 is 0 Å². The first-order chi connectivity index (χ1) is 8.04. The maximum absolute atomic E-state index is 2.76. The van der Waals surface area contributed by atoms with Crippen LogP contribution in [0.25, 0.3) is 0 Å². The van der Waals surface area contributed by atoms with Crippen LogP contribution in [-0.4, -0.2) is 17.0 Å². The average Bonchev–Trinajstić information content (AvgIpc) is 2.86. The standard InChI is InChI=1S/C16H23N/c1-15(2,3)17-12-6-10-16(17)11-9-13-7-4-5-8-14(13)16/h4-5,7-8H,6,9-12H2,1-3H3. The van der Waals surface area contributed by atoms with Crippen molar-refractivity contribution in [3.8, 4) is 0 Å². The zero-order valence-corrected chi connectivity index (χ0v) is 11.3. The third kappa shape index (κ3) is 1.55. The van der Waals surface area contributed by atoms with Gasteiger partial charge < -0.3 is 0 Å². The van der Waals surface area contributed by atoms with Crippen LogP contribution < -0.4 is 0 Å². The summed E-state index contributed by atoms with van der Waals surface area (Å²) < 4.78 is 0. The minimum atomic E-state index is 0.286. The third-order valence-electron chi connectivity index (χ3n) is 4.63. The van der Waals surface area contributed by atoms with Crippen molar-refractivity contribution in [2.75, 3.05) is 6.54 Å². The summed E-state index contributed by atoms with van der Waals surface area (Å²) in [5, 5.41) is 0. The highest BCUT2D eigenvalue weighted by molar-refractivity contribution is 5.40. The Hall–Kier alpha value is -0.820. The lowest BCUT2D eigenvalue weighted by atomic mass is 9.86. The van der Waals surface area contributed by atoms with Gasteiger partial charge in [-0.15, -0.1) is 0 Å². The molecule has 0 radical (unpaired) electrons. The lowest BCUT2D eigenvalue weighted by Gasteiger charge is -2.45. The van der Waals surface area contributed by atoms with E-state index in [-0.39, 0.29) is 5.54 Å². The van der Waals surface area contributed by atoms with Crippen molar-refractivity contribution in [2.24, 2.45) is 0 Å². The fourth-order valence-corrected chi connectivity index (χ4v) is 4.06. The zero-order valence-electron chi connectivity index (χ0n) is 11.3. The van der Waals surface area contributed by atoms with Crippen LogP contribution in [-0.2, 0) is 12.0 Å². The number of nitrogens with zero attached hydrogens (tertiary/aromatic N) is 1. The van der Waals surface area contributed by atoms with Crippen molar-refractivity contribution in [1.29, 1.82) is 0 Å². The number of fused-ring (bicyclic) bond motifs is 2. The number of hydrogen-bond donors (Lipinski definition) is 0. The molecule has 0 saturated carbocycles. The summed E-state index contributed by atoms with van der Waals surface area (Å²) in [6, 6.07) is 9.09. The molecule has 1 aromatic carbocycles. The Morgan fingerprint density at radius 3 is 2.65 bits per heavy atom. The maximum Gasteiger partial charge on any atom is 0.0472 e. The van der Waals surface area contributed by atoms with Crippen molar-refractivity contribution >= 4 is 0 Å². The van der Waals surface area contributed by atoms with E-state index in [0.29, 0.717) is 5.54 Å². The Morgan fingerprint density at radius 1 is 1.12 bits per heavy atom. The van der Waals surface area contributed by atoms with Gasteiger partial charge in [-0.25, -0.2) is 0 Å². The van der Waals surface area contributed by atoms with E-state index >= 15 is 0 Å². The lowest BCUT2D eigenvalue weighted by Crippen LogP contribution is -2.50. The van der Waals surface area contributed by atoms with Crippen molar-refractivity contribution in [2.45, 2.75) is 57.5 Å². The summed E-state index contributed by atoms with van der Waals surface area (Å²) in [5.74, 6) is 0. The van der Waals surface area contributed by atoms with Gasteiger partial charge in [0.15, 0.2) is 0 Å². The molecule has 1 spiro atoms. The van der Waals surface area contributed by atoms with Gasteiger partial charge in [-0.2, -0.15) is 0 Å². The van der Waals surface area contributed by atoms with Crippen LogP contribution in [0.5, 0.6) is 0 Å². The average molecular weight is 229 g/mol. The van der Waals surface area contributed by atoms with Crippen molar-refractivity contribution in [3.63, 3.8) is 0 Å². The zero-order chi connectivity index (χ0) is 12.1. The second-order valence-corrected chi connectivity index (χ2v) is 6.61. The quantitative estimate of drug-likeness (QED) is 0.655. The number of benzene rings is 1. The monoisotopic (exact) mass is 229 g/mol. The molecule has 1 heteroatoms. The summed E-state index contributed by atoms with van der Waals surface area (Å²) in [6.45, 7) is 8.35. The Labute approximate surface area is 105 Å². The first kappa shape index (κ1) is 11.3. The molecule has 1 aliphatic carbocycles. The number of likely N-dealkylation sites (tertiary alicyclic amines) is 1. The van der Waals surface area contributed by atoms with E-state index in [1.165, 1.54) is 32.2 Å². The summed E-state index contributed by atoms with van der Waals surface area (Å²) in [6.07, 6.45) is 5.29. The predicted octanol–water partition coefficient (Wildman–Crippen LogP) is 3.72. The highest BCUT2D eigenvalue weighted by atomic mass is 15.3. The predicted molar refractivity (Wildman–Crippen MR) is 72.1 cm³/mol. The molecule has 1 saturated heterocycles. The fourth-order valence-electron chi connectivity index (χ4n) is 4.06. The molecule has 1 aromatic rings. The maximum atomic E-state index is 2.76. The molecule has 3 rings (SSSR count). The molecule has 0 aromatic heterocycles. The minimum absolute atomic E-state index is 0.286. The molecule has 0 N–H and O–H groups in total. The highest BCUT2D eigenvalue weighted by Gasteiger charge is 2.49. The highest BCUT2D eigenvalue weighted by Crippen LogP contribution is 2.50. The molecular formula is C16H23N. The van der Waals surface area contributed by atoms with Crippen LogP contribution in [0.15, 0.2) is 24.3 Å². The van der Waals surface area contributed by atoms with E-state index in [1.54, 1.807) is 11.1 Å². The second-order valence-electron chi connectivity index (χ2n) is 6.61. The molecule has 1 heterocycles. The van der Waals surface area contributed by atoms with E-state index in [0.717, 1.165) is 0 Å². The van der Waals surface area contributed by atoms with Gasteiger partial charge in [-0.05, 0) is 64.1 Å². The molecule has 1 aliphatic heterocycles. The van der Waals surface area contributed by atoms with Gasteiger partial charge in [0.1, 0.15) is 0 Å². The van der Waals surface area contributed by atoms with Gasteiger partial charge in [0.05, 0.1) is 0 Å². The van der Waals surface area contributed by atoms with Crippen LogP contribution in [0.1, 0.15) is 51.2 Å². The summed E-state index contributed by atoms with van der Waals surface area (Å²) in [4.78, 5) is 2.76. The van der Waals surface area contributed by atoms with Gasteiger partial charge in [-0.3, -0.25) is 4.90 Å². The molecule has 1 atom stereocenters. The van der Waals surface area contributed by atoms with Crippen LogP contribution in [0.4, 0.5) is 0 Å². The van der Waals surface area contributed by atoms with Crippen LogP contribution in [0.2, 0.25) is 0 Å². The van der Waals surface area contributed by atoms with Gasteiger partial charge in [0, 0.05) is 11.1 Å². The molecule has 1 unspecified atom stereocenters. The Kier molecular flexibility index (Phi) is 2.38. The summed E-state index contributed by atoms with van der Waals surface area (Å²) >= 11 is 0.